The second kappa shape index (κ2) is 7.91. The van der Waals surface area contributed by atoms with Gasteiger partial charge in [0.1, 0.15) is 0 Å². The number of nitrogens with zero attached hydrogens (tertiary/aromatic N) is 1. The lowest BCUT2D eigenvalue weighted by Gasteiger charge is -2.41. The van der Waals surface area contributed by atoms with Gasteiger partial charge in [0.05, 0.1) is 13.2 Å². The fraction of sp³-hybridized carbons (Fsp3) is 0.474. The first-order valence-corrected chi connectivity index (χ1v) is 8.49. The Morgan fingerprint density at radius 3 is 3.00 bits per heavy atom. The number of fused-ring (bicyclic) bond motifs is 1. The van der Waals surface area contributed by atoms with Crippen LogP contribution in [0.15, 0.2) is 36.7 Å². The van der Waals surface area contributed by atoms with Crippen molar-refractivity contribution >= 4 is 16.7 Å². The molecule has 25 heavy (non-hydrogen) atoms. The number of aromatic nitrogens is 1. The van der Waals surface area contributed by atoms with Crippen molar-refractivity contribution in [3.63, 3.8) is 0 Å². The Morgan fingerprint density at radius 1 is 1.36 bits per heavy atom. The maximum atomic E-state index is 12.6. The Bertz CT molecular complexity index is 725. The molecule has 1 aromatic heterocycles. The predicted octanol–water partition coefficient (Wildman–Crippen LogP) is 2.38. The summed E-state index contributed by atoms with van der Waals surface area (Å²) in [5, 5.41) is 4.85. The summed E-state index contributed by atoms with van der Waals surface area (Å²) in [6.45, 7) is 1.71. The molecule has 1 saturated heterocycles. The molecular weight excluding hydrogens is 320 g/mol. The van der Waals surface area contributed by atoms with Gasteiger partial charge in [0.15, 0.2) is 5.79 Å². The highest BCUT2D eigenvalue weighted by atomic mass is 16.7. The zero-order valence-corrected chi connectivity index (χ0v) is 14.7. The second-order valence-corrected chi connectivity index (χ2v) is 6.19. The summed E-state index contributed by atoms with van der Waals surface area (Å²) in [7, 11) is 3.31. The minimum Gasteiger partial charge on any atom is -0.381 e. The van der Waals surface area contributed by atoms with Crippen LogP contribution in [0.4, 0.5) is 0 Å². The highest BCUT2D eigenvalue weighted by Crippen LogP contribution is 2.32. The van der Waals surface area contributed by atoms with Gasteiger partial charge in [0, 0.05) is 56.4 Å². The van der Waals surface area contributed by atoms with Crippen LogP contribution in [0.5, 0.6) is 0 Å². The lowest BCUT2D eigenvalue weighted by atomic mass is 9.91. The minimum absolute atomic E-state index is 0.0748. The fourth-order valence-corrected chi connectivity index (χ4v) is 3.46. The minimum atomic E-state index is -0.633. The lowest BCUT2D eigenvalue weighted by molar-refractivity contribution is -0.276. The van der Waals surface area contributed by atoms with Gasteiger partial charge >= 0.3 is 0 Å². The zero-order chi connectivity index (χ0) is 17.7. The number of nitrogens with one attached hydrogen (secondary N) is 1. The molecule has 134 valence electrons. The largest absolute Gasteiger partial charge is 0.381 e. The Labute approximate surface area is 147 Å². The Hall–Kier alpha value is -2.02. The van der Waals surface area contributed by atoms with Gasteiger partial charge in [-0.1, -0.05) is 12.1 Å². The molecule has 1 aromatic carbocycles. The SMILES string of the molecule is COC1(OC)CCOCC1CCNC(=O)c1cccc2ccncc12. The number of hydrogen-bond acceptors (Lipinski definition) is 5. The maximum Gasteiger partial charge on any atom is 0.251 e. The monoisotopic (exact) mass is 344 g/mol. The Kier molecular flexibility index (Phi) is 5.63. The maximum absolute atomic E-state index is 12.6. The number of hydrogen-bond donors (Lipinski definition) is 1. The Morgan fingerprint density at radius 2 is 2.20 bits per heavy atom. The quantitative estimate of drug-likeness (QED) is 0.815. The lowest BCUT2D eigenvalue weighted by Crippen LogP contribution is -2.49. The fourth-order valence-electron chi connectivity index (χ4n) is 3.46. The molecule has 1 unspecified atom stereocenters. The number of methoxy groups -OCH3 is 2. The zero-order valence-electron chi connectivity index (χ0n) is 14.7. The van der Waals surface area contributed by atoms with Gasteiger partial charge in [-0.2, -0.15) is 0 Å². The summed E-state index contributed by atoms with van der Waals surface area (Å²) in [5.74, 6) is -0.659. The summed E-state index contributed by atoms with van der Waals surface area (Å²) in [4.78, 5) is 16.7. The molecule has 0 spiro atoms. The van der Waals surface area contributed by atoms with E-state index >= 15 is 0 Å². The predicted molar refractivity (Wildman–Crippen MR) is 94.4 cm³/mol. The molecule has 0 bridgehead atoms. The molecule has 6 nitrogen and oxygen atoms in total. The molecule has 1 amide bonds. The number of carbonyl (C=O) groups excluding carboxylic acids is 1. The van der Waals surface area contributed by atoms with Crippen molar-refractivity contribution in [3.05, 3.63) is 42.2 Å². The van der Waals surface area contributed by atoms with Crippen LogP contribution in [-0.2, 0) is 14.2 Å². The van der Waals surface area contributed by atoms with E-state index in [1.807, 2.05) is 24.3 Å². The van der Waals surface area contributed by atoms with E-state index in [-0.39, 0.29) is 11.8 Å². The molecule has 0 aliphatic carbocycles. The molecule has 2 heterocycles. The molecule has 1 fully saturated rings. The molecule has 1 N–H and O–H groups in total. The van der Waals surface area contributed by atoms with Gasteiger partial charge in [-0.3, -0.25) is 9.78 Å². The molecule has 1 atom stereocenters. The summed E-state index contributed by atoms with van der Waals surface area (Å²) in [6, 6.07) is 7.57. The van der Waals surface area contributed by atoms with Gasteiger partial charge in [-0.05, 0) is 23.9 Å². The number of amides is 1. The third-order valence-corrected chi connectivity index (χ3v) is 4.93. The van der Waals surface area contributed by atoms with Gasteiger partial charge in [0.2, 0.25) is 0 Å². The first-order valence-electron chi connectivity index (χ1n) is 8.49. The second-order valence-electron chi connectivity index (χ2n) is 6.19. The summed E-state index contributed by atoms with van der Waals surface area (Å²) < 4.78 is 16.8. The van der Waals surface area contributed by atoms with E-state index in [0.717, 1.165) is 17.2 Å². The molecule has 0 radical (unpaired) electrons. The highest BCUT2D eigenvalue weighted by molar-refractivity contribution is 6.06. The molecule has 1 aliphatic rings. The van der Waals surface area contributed by atoms with Crippen molar-refractivity contribution in [3.8, 4) is 0 Å². The normalized spacial score (nSPS) is 19.7. The van der Waals surface area contributed by atoms with Crippen molar-refractivity contribution in [2.24, 2.45) is 5.92 Å². The highest BCUT2D eigenvalue weighted by Gasteiger charge is 2.41. The van der Waals surface area contributed by atoms with Crippen LogP contribution in [0.2, 0.25) is 0 Å². The van der Waals surface area contributed by atoms with E-state index in [9.17, 15) is 4.79 Å². The molecule has 3 rings (SSSR count). The number of pyridine rings is 1. The van der Waals surface area contributed by atoms with Crippen LogP contribution in [0.25, 0.3) is 10.8 Å². The smallest absolute Gasteiger partial charge is 0.251 e. The number of ether oxygens (including phenoxy) is 3. The van der Waals surface area contributed by atoms with Gasteiger partial charge in [-0.15, -0.1) is 0 Å². The van der Waals surface area contributed by atoms with Crippen LogP contribution in [0, 0.1) is 5.92 Å². The van der Waals surface area contributed by atoms with Crippen LogP contribution < -0.4 is 5.32 Å². The number of carbonyl (C=O) groups is 1. The van der Waals surface area contributed by atoms with Crippen LogP contribution in [0.3, 0.4) is 0 Å². The molecule has 0 saturated carbocycles. The van der Waals surface area contributed by atoms with Crippen LogP contribution in [0.1, 0.15) is 23.2 Å². The average Bonchev–Trinajstić information content (AvgIpc) is 2.68. The average molecular weight is 344 g/mol. The van der Waals surface area contributed by atoms with E-state index in [1.54, 1.807) is 26.6 Å². The van der Waals surface area contributed by atoms with Crippen molar-refractivity contribution in [2.75, 3.05) is 34.0 Å². The van der Waals surface area contributed by atoms with Crippen molar-refractivity contribution < 1.29 is 19.0 Å². The Balaban J connectivity index is 1.64. The van der Waals surface area contributed by atoms with E-state index in [2.05, 4.69) is 10.3 Å². The third kappa shape index (κ3) is 3.66. The van der Waals surface area contributed by atoms with E-state index in [4.69, 9.17) is 14.2 Å². The number of rotatable bonds is 6. The standard InChI is InChI=1S/C19H24N2O4/c1-23-19(24-2)8-11-25-13-15(19)7-10-21-18(22)16-5-3-4-14-6-9-20-12-17(14)16/h3-6,9,12,15H,7-8,10-11,13H2,1-2H3,(H,21,22). The summed E-state index contributed by atoms with van der Waals surface area (Å²) >= 11 is 0. The summed E-state index contributed by atoms with van der Waals surface area (Å²) in [5.41, 5.74) is 0.634. The van der Waals surface area contributed by atoms with Crippen molar-refractivity contribution in [1.29, 1.82) is 0 Å². The van der Waals surface area contributed by atoms with Crippen LogP contribution >= 0.6 is 0 Å². The van der Waals surface area contributed by atoms with Crippen LogP contribution in [-0.4, -0.2) is 50.7 Å². The van der Waals surface area contributed by atoms with Gasteiger partial charge in [0.25, 0.3) is 5.91 Å². The molecule has 2 aromatic rings. The molecular formula is C19H24N2O4. The molecule has 6 heteroatoms. The summed E-state index contributed by atoms with van der Waals surface area (Å²) in [6.07, 6.45) is 4.85. The first-order chi connectivity index (χ1) is 12.2. The third-order valence-electron chi connectivity index (χ3n) is 4.93. The van der Waals surface area contributed by atoms with Gasteiger partial charge < -0.3 is 19.5 Å². The first kappa shape index (κ1) is 17.8. The number of benzene rings is 1. The van der Waals surface area contributed by atoms with E-state index in [1.165, 1.54) is 0 Å². The van der Waals surface area contributed by atoms with Crippen molar-refractivity contribution in [1.82, 2.24) is 10.3 Å². The molecule has 1 aliphatic heterocycles. The topological polar surface area (TPSA) is 69.7 Å². The van der Waals surface area contributed by atoms with E-state index in [0.29, 0.717) is 31.7 Å². The van der Waals surface area contributed by atoms with Crippen molar-refractivity contribution in [2.45, 2.75) is 18.6 Å². The van der Waals surface area contributed by atoms with E-state index < -0.39 is 5.79 Å². The van der Waals surface area contributed by atoms with Gasteiger partial charge in [-0.25, -0.2) is 0 Å².